The van der Waals surface area contributed by atoms with Gasteiger partial charge in [-0.1, -0.05) is 0 Å². The Hall–Kier alpha value is -1.89. The van der Waals surface area contributed by atoms with Gasteiger partial charge in [0.25, 0.3) is 5.91 Å². The van der Waals surface area contributed by atoms with Crippen molar-refractivity contribution < 1.29 is 9.59 Å². The highest BCUT2D eigenvalue weighted by Gasteiger charge is 2.35. The molecule has 1 aromatic rings. The largest absolute Gasteiger partial charge is 0.343 e. The fourth-order valence-corrected chi connectivity index (χ4v) is 2.66. The van der Waals surface area contributed by atoms with Crippen molar-refractivity contribution in [3.63, 3.8) is 0 Å². The van der Waals surface area contributed by atoms with Gasteiger partial charge in [-0.2, -0.15) is 5.10 Å². The summed E-state index contributed by atoms with van der Waals surface area (Å²) < 4.78 is 1.70. The average Bonchev–Trinajstić information content (AvgIpc) is 3.12. The highest BCUT2D eigenvalue weighted by molar-refractivity contribution is 6.00. The number of carbonyl (C=O) groups is 2. The van der Waals surface area contributed by atoms with Gasteiger partial charge in [0.2, 0.25) is 5.91 Å². The highest BCUT2D eigenvalue weighted by atomic mass is 16.2. The lowest BCUT2D eigenvalue weighted by Gasteiger charge is -2.17. The predicted molar refractivity (Wildman–Crippen MR) is 77.9 cm³/mol. The van der Waals surface area contributed by atoms with E-state index in [2.05, 4.69) is 15.7 Å². The van der Waals surface area contributed by atoms with Gasteiger partial charge in [-0.25, -0.2) is 0 Å². The summed E-state index contributed by atoms with van der Waals surface area (Å²) in [6.07, 6.45) is 2.92. The number of aryl methyl sites for hydroxylation is 2. The lowest BCUT2D eigenvalue weighted by molar-refractivity contribution is -0.125. The number of rotatable bonds is 5. The van der Waals surface area contributed by atoms with Gasteiger partial charge in [-0.3, -0.25) is 19.2 Å². The zero-order chi connectivity index (χ0) is 15.0. The predicted octanol–water partition coefficient (Wildman–Crippen LogP) is -0.298. The molecule has 0 unspecified atom stereocenters. The van der Waals surface area contributed by atoms with Gasteiger partial charge < -0.3 is 10.6 Å². The average molecular weight is 291 g/mol. The molecule has 7 nitrogen and oxygen atoms in total. The summed E-state index contributed by atoms with van der Waals surface area (Å²) in [5.41, 5.74) is 0.876. The molecule has 21 heavy (non-hydrogen) atoms. The Balaban J connectivity index is 1.57. The van der Waals surface area contributed by atoms with Crippen LogP contribution in [0.2, 0.25) is 0 Å². The first-order chi connectivity index (χ1) is 10.0. The van der Waals surface area contributed by atoms with E-state index in [0.717, 1.165) is 24.4 Å². The third-order valence-electron chi connectivity index (χ3n) is 3.92. The first-order valence-corrected chi connectivity index (χ1v) is 7.39. The van der Waals surface area contributed by atoms with Crippen molar-refractivity contribution in [2.75, 3.05) is 18.0 Å². The smallest absolute Gasteiger partial charge is 0.250 e. The second-order valence-corrected chi connectivity index (χ2v) is 5.82. The van der Waals surface area contributed by atoms with Gasteiger partial charge in [0, 0.05) is 25.7 Å². The fourth-order valence-electron chi connectivity index (χ4n) is 2.66. The minimum Gasteiger partial charge on any atom is -0.343 e. The van der Waals surface area contributed by atoms with E-state index in [9.17, 15) is 9.59 Å². The zero-order valence-electron chi connectivity index (χ0n) is 12.4. The minimum atomic E-state index is -0.422. The maximum absolute atomic E-state index is 12.4. The number of amides is 2. The molecule has 1 saturated carbocycles. The third kappa shape index (κ3) is 3.07. The summed E-state index contributed by atoms with van der Waals surface area (Å²) in [5.74, 6) is 0.617. The van der Waals surface area contributed by atoms with Crippen molar-refractivity contribution in [2.24, 2.45) is 7.05 Å². The van der Waals surface area contributed by atoms with E-state index in [1.165, 1.54) is 0 Å². The van der Waals surface area contributed by atoms with E-state index in [4.69, 9.17) is 0 Å². The van der Waals surface area contributed by atoms with E-state index < -0.39 is 6.04 Å². The standard InChI is InChI=1S/C14H21N5O2/c1-9-7-13(18(2)17-9)19-6-5-11(14(19)21)16-12(20)8-15-10-3-4-10/h7,10-11,15H,3-6,8H2,1-2H3,(H,16,20)/t11-/m0/s1. The molecular formula is C14H21N5O2. The molecule has 0 spiro atoms. The number of nitrogens with one attached hydrogen (secondary N) is 2. The number of nitrogens with zero attached hydrogens (tertiary/aromatic N) is 3. The molecule has 2 heterocycles. The van der Waals surface area contributed by atoms with Crippen molar-refractivity contribution in [1.82, 2.24) is 20.4 Å². The van der Waals surface area contributed by atoms with Gasteiger partial charge >= 0.3 is 0 Å². The molecule has 3 rings (SSSR count). The van der Waals surface area contributed by atoms with Gasteiger partial charge in [-0.05, 0) is 26.2 Å². The Morgan fingerprint density at radius 2 is 2.19 bits per heavy atom. The molecule has 7 heteroatoms. The second-order valence-electron chi connectivity index (χ2n) is 5.82. The van der Waals surface area contributed by atoms with Crippen molar-refractivity contribution >= 4 is 17.6 Å². The normalized spacial score (nSPS) is 21.9. The molecule has 1 aromatic heterocycles. The van der Waals surface area contributed by atoms with E-state index in [1.807, 2.05) is 20.0 Å². The van der Waals surface area contributed by atoms with Crippen LogP contribution < -0.4 is 15.5 Å². The number of carbonyl (C=O) groups excluding carboxylic acids is 2. The number of aromatic nitrogens is 2. The second kappa shape index (κ2) is 5.48. The summed E-state index contributed by atoms with van der Waals surface area (Å²) in [6, 6.07) is 1.95. The van der Waals surface area contributed by atoms with Crippen LogP contribution in [0.3, 0.4) is 0 Å². The minimum absolute atomic E-state index is 0.0576. The highest BCUT2D eigenvalue weighted by Crippen LogP contribution is 2.22. The summed E-state index contributed by atoms with van der Waals surface area (Å²) >= 11 is 0. The van der Waals surface area contributed by atoms with Crippen LogP contribution in [-0.2, 0) is 16.6 Å². The molecule has 1 aliphatic carbocycles. The molecular weight excluding hydrogens is 270 g/mol. The Morgan fingerprint density at radius 1 is 1.43 bits per heavy atom. The van der Waals surface area contributed by atoms with Gasteiger partial charge in [0.05, 0.1) is 12.2 Å². The topological polar surface area (TPSA) is 79.3 Å². The molecule has 114 valence electrons. The first-order valence-electron chi connectivity index (χ1n) is 7.39. The molecule has 1 saturated heterocycles. The zero-order valence-corrected chi connectivity index (χ0v) is 12.4. The van der Waals surface area contributed by atoms with Gasteiger partial charge in [0.1, 0.15) is 11.9 Å². The molecule has 0 bridgehead atoms. The molecule has 1 atom stereocenters. The van der Waals surface area contributed by atoms with E-state index in [1.54, 1.807) is 9.58 Å². The Kier molecular flexibility index (Phi) is 3.67. The Morgan fingerprint density at radius 3 is 2.81 bits per heavy atom. The number of anilines is 1. The fraction of sp³-hybridized carbons (Fsp3) is 0.643. The summed E-state index contributed by atoms with van der Waals surface area (Å²) in [4.78, 5) is 25.9. The number of hydrogen-bond donors (Lipinski definition) is 2. The van der Waals surface area contributed by atoms with E-state index >= 15 is 0 Å². The van der Waals surface area contributed by atoms with Crippen LogP contribution >= 0.6 is 0 Å². The molecule has 0 radical (unpaired) electrons. The van der Waals surface area contributed by atoms with Crippen LogP contribution in [0, 0.1) is 6.92 Å². The SMILES string of the molecule is Cc1cc(N2CC[C@H](NC(=O)CNC3CC3)C2=O)n(C)n1. The molecule has 2 aliphatic rings. The van der Waals surface area contributed by atoms with E-state index in [-0.39, 0.29) is 11.8 Å². The summed E-state index contributed by atoms with van der Waals surface area (Å²) in [6.45, 7) is 2.80. The summed E-state index contributed by atoms with van der Waals surface area (Å²) in [7, 11) is 1.82. The molecule has 2 N–H and O–H groups in total. The van der Waals surface area contributed by atoms with Crippen molar-refractivity contribution in [3.8, 4) is 0 Å². The quantitative estimate of drug-likeness (QED) is 0.781. The summed E-state index contributed by atoms with van der Waals surface area (Å²) in [5, 5.41) is 10.2. The van der Waals surface area contributed by atoms with Crippen LogP contribution in [0.25, 0.3) is 0 Å². The van der Waals surface area contributed by atoms with Gasteiger partial charge in [0.15, 0.2) is 0 Å². The van der Waals surface area contributed by atoms with E-state index in [0.29, 0.717) is 25.6 Å². The molecule has 1 aliphatic heterocycles. The monoisotopic (exact) mass is 291 g/mol. The first kappa shape index (κ1) is 14.1. The third-order valence-corrected chi connectivity index (χ3v) is 3.92. The van der Waals surface area contributed by atoms with Crippen LogP contribution in [-0.4, -0.2) is 46.8 Å². The van der Waals surface area contributed by atoms with Crippen LogP contribution in [0.15, 0.2) is 6.07 Å². The maximum Gasteiger partial charge on any atom is 0.250 e. The lowest BCUT2D eigenvalue weighted by Crippen LogP contribution is -2.45. The Bertz CT molecular complexity index is 564. The van der Waals surface area contributed by atoms with Crippen molar-refractivity contribution in [1.29, 1.82) is 0 Å². The molecule has 2 fully saturated rings. The van der Waals surface area contributed by atoms with Gasteiger partial charge in [-0.15, -0.1) is 0 Å². The van der Waals surface area contributed by atoms with Crippen molar-refractivity contribution in [2.45, 2.75) is 38.3 Å². The molecule has 0 aromatic carbocycles. The number of hydrogen-bond acceptors (Lipinski definition) is 4. The maximum atomic E-state index is 12.4. The van der Waals surface area contributed by atoms with Crippen LogP contribution in [0.1, 0.15) is 25.0 Å². The lowest BCUT2D eigenvalue weighted by atomic mass is 10.2. The van der Waals surface area contributed by atoms with Crippen LogP contribution in [0.4, 0.5) is 5.82 Å². The van der Waals surface area contributed by atoms with Crippen LogP contribution in [0.5, 0.6) is 0 Å². The molecule has 2 amide bonds. The van der Waals surface area contributed by atoms with Crippen molar-refractivity contribution in [3.05, 3.63) is 11.8 Å². The Labute approximate surface area is 123 Å².